The van der Waals surface area contributed by atoms with Gasteiger partial charge in [-0.25, -0.2) is 0 Å². The standard InChI is InChI=1S/C25H29N5O3/c1-29-9-11-30(12-10-29)17-19-6-4-5-18(13-19)14-27-23(31)16-28-25(33)21-15-26-22-8-3-2-7-20(22)24(21)32/h2-8,13,15H,9-12,14,16-17H2,1H3,(H,26,32)(H,27,31)(H,28,33). The fourth-order valence-electron chi connectivity index (χ4n) is 3.96. The second kappa shape index (κ2) is 10.4. The van der Waals surface area contributed by atoms with Crippen molar-refractivity contribution in [3.8, 4) is 0 Å². The summed E-state index contributed by atoms with van der Waals surface area (Å²) >= 11 is 0. The molecule has 8 nitrogen and oxygen atoms in total. The minimum Gasteiger partial charge on any atom is -0.360 e. The Bertz CT molecular complexity index is 1200. The van der Waals surface area contributed by atoms with Crippen molar-refractivity contribution in [1.29, 1.82) is 0 Å². The number of aromatic nitrogens is 1. The van der Waals surface area contributed by atoms with Gasteiger partial charge in [-0.2, -0.15) is 0 Å². The summed E-state index contributed by atoms with van der Waals surface area (Å²) in [6.45, 7) is 5.33. The minimum absolute atomic E-state index is 0.0156. The number of likely N-dealkylation sites (N-methyl/N-ethyl adjacent to an activating group) is 1. The topological polar surface area (TPSA) is 97.5 Å². The fraction of sp³-hybridized carbons (Fsp3) is 0.320. The molecule has 1 aliphatic heterocycles. The highest BCUT2D eigenvalue weighted by Crippen LogP contribution is 2.11. The van der Waals surface area contributed by atoms with Crippen molar-refractivity contribution >= 4 is 22.7 Å². The van der Waals surface area contributed by atoms with E-state index in [2.05, 4.69) is 44.6 Å². The summed E-state index contributed by atoms with van der Waals surface area (Å²) in [6, 6.07) is 15.2. The molecule has 1 aromatic heterocycles. The third kappa shape index (κ3) is 5.85. The molecule has 3 N–H and O–H groups in total. The number of para-hydroxylation sites is 1. The molecule has 4 rings (SSSR count). The van der Waals surface area contributed by atoms with Crippen molar-refractivity contribution in [1.82, 2.24) is 25.4 Å². The second-order valence-electron chi connectivity index (χ2n) is 8.44. The van der Waals surface area contributed by atoms with Crippen LogP contribution in [0.1, 0.15) is 21.5 Å². The summed E-state index contributed by atoms with van der Waals surface area (Å²) in [5.74, 6) is -0.892. The summed E-state index contributed by atoms with van der Waals surface area (Å²) < 4.78 is 0. The van der Waals surface area contributed by atoms with Crippen molar-refractivity contribution in [2.24, 2.45) is 0 Å². The van der Waals surface area contributed by atoms with Gasteiger partial charge in [0, 0.05) is 56.4 Å². The predicted octanol–water partition coefficient (Wildman–Crippen LogP) is 1.32. The van der Waals surface area contributed by atoms with Crippen LogP contribution >= 0.6 is 0 Å². The van der Waals surface area contributed by atoms with Crippen LogP contribution in [0.5, 0.6) is 0 Å². The highest BCUT2D eigenvalue weighted by molar-refractivity contribution is 5.98. The molecule has 2 heterocycles. The molecule has 0 aliphatic carbocycles. The Morgan fingerprint density at radius 1 is 0.970 bits per heavy atom. The van der Waals surface area contributed by atoms with Gasteiger partial charge in [-0.1, -0.05) is 36.4 Å². The zero-order chi connectivity index (χ0) is 23.2. The molecule has 2 aromatic carbocycles. The van der Waals surface area contributed by atoms with Gasteiger partial charge in [-0.05, 0) is 30.3 Å². The lowest BCUT2D eigenvalue weighted by Gasteiger charge is -2.32. The third-order valence-corrected chi connectivity index (χ3v) is 5.93. The van der Waals surface area contributed by atoms with Crippen molar-refractivity contribution in [2.45, 2.75) is 13.1 Å². The van der Waals surface area contributed by atoms with E-state index in [0.29, 0.717) is 17.4 Å². The number of carbonyl (C=O) groups excluding carboxylic acids is 2. The Hall–Kier alpha value is -3.49. The Kier molecular flexibility index (Phi) is 7.16. The lowest BCUT2D eigenvalue weighted by atomic mass is 10.1. The van der Waals surface area contributed by atoms with Crippen LogP contribution in [0, 0.1) is 0 Å². The predicted molar refractivity (Wildman–Crippen MR) is 128 cm³/mol. The van der Waals surface area contributed by atoms with Gasteiger partial charge in [0.2, 0.25) is 11.3 Å². The highest BCUT2D eigenvalue weighted by Gasteiger charge is 2.15. The maximum Gasteiger partial charge on any atom is 0.257 e. The van der Waals surface area contributed by atoms with Crippen LogP contribution in [0.3, 0.4) is 0 Å². The molecule has 0 bridgehead atoms. The van der Waals surface area contributed by atoms with Crippen LogP contribution in [0.25, 0.3) is 10.9 Å². The first-order valence-corrected chi connectivity index (χ1v) is 11.1. The molecule has 8 heteroatoms. The van der Waals surface area contributed by atoms with Crippen LogP contribution in [0.15, 0.2) is 59.5 Å². The molecule has 2 amide bonds. The zero-order valence-electron chi connectivity index (χ0n) is 18.8. The van der Waals surface area contributed by atoms with E-state index in [9.17, 15) is 14.4 Å². The third-order valence-electron chi connectivity index (χ3n) is 5.93. The summed E-state index contributed by atoms with van der Waals surface area (Å²) in [5, 5.41) is 5.79. The number of rotatable bonds is 7. The van der Waals surface area contributed by atoms with Crippen LogP contribution in [0.2, 0.25) is 0 Å². The number of piperazine rings is 1. The Balaban J connectivity index is 1.27. The molecule has 1 saturated heterocycles. The van der Waals surface area contributed by atoms with Gasteiger partial charge in [0.05, 0.1) is 6.54 Å². The average molecular weight is 448 g/mol. The number of nitrogens with zero attached hydrogens (tertiary/aromatic N) is 2. The summed E-state index contributed by atoms with van der Waals surface area (Å²) in [7, 11) is 2.14. The Labute approximate surface area is 192 Å². The van der Waals surface area contributed by atoms with Crippen molar-refractivity contribution < 1.29 is 9.59 Å². The monoisotopic (exact) mass is 447 g/mol. The number of hydrogen-bond acceptors (Lipinski definition) is 5. The first-order valence-electron chi connectivity index (χ1n) is 11.1. The number of pyridine rings is 1. The van der Waals surface area contributed by atoms with Gasteiger partial charge in [0.1, 0.15) is 5.56 Å². The van der Waals surface area contributed by atoms with Gasteiger partial charge in [-0.15, -0.1) is 0 Å². The van der Waals surface area contributed by atoms with Crippen LogP contribution in [-0.4, -0.2) is 66.4 Å². The molecule has 0 unspecified atom stereocenters. The van der Waals surface area contributed by atoms with E-state index in [-0.39, 0.29) is 23.4 Å². The zero-order valence-corrected chi connectivity index (χ0v) is 18.8. The van der Waals surface area contributed by atoms with Crippen LogP contribution in [-0.2, 0) is 17.9 Å². The van der Waals surface area contributed by atoms with Gasteiger partial charge >= 0.3 is 0 Å². The maximum atomic E-state index is 12.5. The minimum atomic E-state index is -0.577. The number of amides is 2. The van der Waals surface area contributed by atoms with E-state index in [1.165, 1.54) is 11.8 Å². The number of hydrogen-bond donors (Lipinski definition) is 3. The molecule has 1 fully saturated rings. The van der Waals surface area contributed by atoms with E-state index >= 15 is 0 Å². The number of H-pyrrole nitrogens is 1. The van der Waals surface area contributed by atoms with E-state index in [1.54, 1.807) is 18.2 Å². The number of nitrogens with one attached hydrogen (secondary N) is 3. The van der Waals surface area contributed by atoms with Gasteiger partial charge in [0.15, 0.2) is 0 Å². The number of benzene rings is 2. The molecule has 172 valence electrons. The molecule has 3 aromatic rings. The van der Waals surface area contributed by atoms with E-state index in [0.717, 1.165) is 38.3 Å². The highest BCUT2D eigenvalue weighted by atomic mass is 16.2. The molecule has 0 spiro atoms. The smallest absolute Gasteiger partial charge is 0.257 e. The first-order chi connectivity index (χ1) is 16.0. The average Bonchev–Trinajstić information content (AvgIpc) is 2.83. The molecule has 0 radical (unpaired) electrons. The number of aromatic amines is 1. The van der Waals surface area contributed by atoms with Crippen LogP contribution < -0.4 is 16.1 Å². The largest absolute Gasteiger partial charge is 0.360 e. The lowest BCUT2D eigenvalue weighted by molar-refractivity contribution is -0.120. The fourth-order valence-corrected chi connectivity index (χ4v) is 3.96. The SMILES string of the molecule is CN1CCN(Cc2cccc(CNC(=O)CNC(=O)c3c[nH]c4ccccc4c3=O)c2)CC1. The maximum absolute atomic E-state index is 12.5. The molecular formula is C25H29N5O3. The summed E-state index contributed by atoms with van der Waals surface area (Å²) in [6.07, 6.45) is 1.38. The summed E-state index contributed by atoms with van der Waals surface area (Å²) in [5.41, 5.74) is 2.51. The number of fused-ring (bicyclic) bond motifs is 1. The quantitative estimate of drug-likeness (QED) is 0.508. The molecule has 1 aliphatic rings. The Morgan fingerprint density at radius 3 is 2.55 bits per heavy atom. The van der Waals surface area contributed by atoms with Gasteiger partial charge < -0.3 is 20.5 Å². The second-order valence-corrected chi connectivity index (χ2v) is 8.44. The van der Waals surface area contributed by atoms with Crippen molar-refractivity contribution in [3.63, 3.8) is 0 Å². The first kappa shape index (κ1) is 22.7. The normalized spacial score (nSPS) is 14.8. The molecular weight excluding hydrogens is 418 g/mol. The lowest BCUT2D eigenvalue weighted by Crippen LogP contribution is -2.43. The van der Waals surface area contributed by atoms with E-state index in [4.69, 9.17) is 0 Å². The molecule has 33 heavy (non-hydrogen) atoms. The van der Waals surface area contributed by atoms with Gasteiger partial charge in [-0.3, -0.25) is 19.3 Å². The van der Waals surface area contributed by atoms with E-state index in [1.807, 2.05) is 18.2 Å². The number of carbonyl (C=O) groups is 2. The molecule has 0 atom stereocenters. The van der Waals surface area contributed by atoms with Gasteiger partial charge in [0.25, 0.3) is 5.91 Å². The Morgan fingerprint density at radius 2 is 1.73 bits per heavy atom. The van der Waals surface area contributed by atoms with E-state index < -0.39 is 5.91 Å². The molecule has 0 saturated carbocycles. The van der Waals surface area contributed by atoms with Crippen LogP contribution in [0.4, 0.5) is 0 Å². The summed E-state index contributed by atoms with van der Waals surface area (Å²) in [4.78, 5) is 44.9. The van der Waals surface area contributed by atoms with Crippen molar-refractivity contribution in [3.05, 3.63) is 81.6 Å². The van der Waals surface area contributed by atoms with Crippen molar-refractivity contribution in [2.75, 3.05) is 39.8 Å².